The van der Waals surface area contributed by atoms with Crippen molar-refractivity contribution >= 4 is 27.5 Å². The number of hydrogen-bond acceptors (Lipinski definition) is 4. The maximum atomic E-state index is 12.6. The largest absolute Gasteiger partial charge is 0.350 e. The number of nitrogens with one attached hydrogen (secondary N) is 2. The first-order chi connectivity index (χ1) is 14.0. The Balaban J connectivity index is 1.41. The Bertz CT molecular complexity index is 1080. The SMILES string of the molecule is CCc1ccc(C(C)NC(=O)CCc2nc3sc4c(c3c(=O)[nH]2)CCCC4)cc1. The van der Waals surface area contributed by atoms with Crippen LogP contribution >= 0.6 is 11.3 Å². The number of hydrogen-bond donors (Lipinski definition) is 2. The Hall–Kier alpha value is -2.47. The van der Waals surface area contributed by atoms with Crippen molar-refractivity contribution in [3.63, 3.8) is 0 Å². The zero-order valence-electron chi connectivity index (χ0n) is 17.0. The van der Waals surface area contributed by atoms with Crippen molar-refractivity contribution in [3.8, 4) is 0 Å². The molecule has 1 aliphatic carbocycles. The number of thiophene rings is 1. The van der Waals surface area contributed by atoms with Gasteiger partial charge in [-0.25, -0.2) is 4.98 Å². The highest BCUT2D eigenvalue weighted by molar-refractivity contribution is 7.18. The molecule has 0 fully saturated rings. The Morgan fingerprint density at radius 2 is 2.00 bits per heavy atom. The van der Waals surface area contributed by atoms with E-state index < -0.39 is 0 Å². The molecule has 2 N–H and O–H groups in total. The lowest BCUT2D eigenvalue weighted by Crippen LogP contribution is -2.27. The molecular formula is C23H27N3O2S. The van der Waals surface area contributed by atoms with E-state index in [-0.39, 0.29) is 17.5 Å². The third-order valence-corrected chi connectivity index (χ3v) is 6.91. The number of carbonyl (C=O) groups is 1. The summed E-state index contributed by atoms with van der Waals surface area (Å²) in [6.07, 6.45) is 6.08. The van der Waals surface area contributed by atoms with Gasteiger partial charge in [-0.05, 0) is 55.7 Å². The van der Waals surface area contributed by atoms with Crippen LogP contribution in [-0.4, -0.2) is 15.9 Å². The third kappa shape index (κ3) is 4.27. The second kappa shape index (κ2) is 8.49. The van der Waals surface area contributed by atoms with Crippen LogP contribution in [-0.2, 0) is 30.5 Å². The molecule has 0 radical (unpaired) electrons. The predicted molar refractivity (Wildman–Crippen MR) is 118 cm³/mol. The number of aromatic amines is 1. The Morgan fingerprint density at radius 3 is 2.76 bits per heavy atom. The Labute approximate surface area is 174 Å². The summed E-state index contributed by atoms with van der Waals surface area (Å²) in [5, 5.41) is 3.81. The monoisotopic (exact) mass is 409 g/mol. The number of H-pyrrole nitrogens is 1. The molecule has 5 nitrogen and oxygen atoms in total. The van der Waals surface area contributed by atoms with Crippen LogP contribution in [0.3, 0.4) is 0 Å². The van der Waals surface area contributed by atoms with Gasteiger partial charge < -0.3 is 10.3 Å². The minimum absolute atomic E-state index is 0.0368. The quantitative estimate of drug-likeness (QED) is 0.640. The summed E-state index contributed by atoms with van der Waals surface area (Å²) in [7, 11) is 0. The molecule has 0 saturated carbocycles. The van der Waals surface area contributed by atoms with E-state index in [9.17, 15) is 9.59 Å². The Morgan fingerprint density at radius 1 is 1.24 bits per heavy atom. The highest BCUT2D eigenvalue weighted by Crippen LogP contribution is 2.33. The number of benzene rings is 1. The van der Waals surface area contributed by atoms with Crippen LogP contribution in [0.1, 0.15) is 66.5 Å². The molecule has 1 unspecified atom stereocenters. The van der Waals surface area contributed by atoms with Crippen LogP contribution in [0, 0.1) is 0 Å². The van der Waals surface area contributed by atoms with Gasteiger partial charge in [0.25, 0.3) is 5.56 Å². The highest BCUT2D eigenvalue weighted by atomic mass is 32.1. The topological polar surface area (TPSA) is 74.8 Å². The molecule has 0 spiro atoms. The minimum atomic E-state index is -0.0609. The first-order valence-corrected chi connectivity index (χ1v) is 11.3. The molecular weight excluding hydrogens is 382 g/mol. The number of carbonyl (C=O) groups excluding carboxylic acids is 1. The van der Waals surface area contributed by atoms with Crippen molar-refractivity contribution in [1.29, 1.82) is 0 Å². The zero-order chi connectivity index (χ0) is 20.4. The molecule has 152 valence electrons. The highest BCUT2D eigenvalue weighted by Gasteiger charge is 2.20. The summed E-state index contributed by atoms with van der Waals surface area (Å²) in [5.41, 5.74) is 3.51. The molecule has 1 aromatic carbocycles. The number of rotatable bonds is 6. The number of aromatic nitrogens is 2. The molecule has 3 aromatic rings. The first kappa shape index (κ1) is 19.8. The lowest BCUT2D eigenvalue weighted by atomic mass is 9.97. The summed E-state index contributed by atoms with van der Waals surface area (Å²) < 4.78 is 0. The summed E-state index contributed by atoms with van der Waals surface area (Å²) in [6, 6.07) is 8.28. The normalized spacial score (nSPS) is 14.6. The minimum Gasteiger partial charge on any atom is -0.350 e. The third-order valence-electron chi connectivity index (χ3n) is 5.73. The average molecular weight is 410 g/mol. The van der Waals surface area contributed by atoms with E-state index in [1.54, 1.807) is 11.3 Å². The molecule has 1 aliphatic rings. The second-order valence-corrected chi connectivity index (χ2v) is 8.87. The molecule has 0 aliphatic heterocycles. The van der Waals surface area contributed by atoms with Crippen molar-refractivity contribution in [2.75, 3.05) is 0 Å². The van der Waals surface area contributed by atoms with Gasteiger partial charge in [-0.15, -0.1) is 11.3 Å². The van der Waals surface area contributed by atoms with Gasteiger partial charge in [-0.2, -0.15) is 0 Å². The number of aryl methyl sites for hydroxylation is 4. The van der Waals surface area contributed by atoms with Crippen LogP contribution in [0.15, 0.2) is 29.1 Å². The molecule has 1 atom stereocenters. The van der Waals surface area contributed by atoms with Crippen molar-refractivity contribution < 1.29 is 4.79 Å². The maximum Gasteiger partial charge on any atom is 0.259 e. The van der Waals surface area contributed by atoms with Gasteiger partial charge in [0.1, 0.15) is 10.7 Å². The van der Waals surface area contributed by atoms with Crippen LogP contribution in [0.25, 0.3) is 10.2 Å². The fourth-order valence-electron chi connectivity index (χ4n) is 4.00. The smallest absolute Gasteiger partial charge is 0.259 e. The molecule has 1 amide bonds. The predicted octanol–water partition coefficient (Wildman–Crippen LogP) is 4.24. The van der Waals surface area contributed by atoms with Crippen molar-refractivity contribution in [2.24, 2.45) is 0 Å². The van der Waals surface area contributed by atoms with Gasteiger partial charge in [-0.1, -0.05) is 31.2 Å². The van der Waals surface area contributed by atoms with E-state index in [0.29, 0.717) is 18.7 Å². The van der Waals surface area contributed by atoms with Crippen LogP contribution in [0.5, 0.6) is 0 Å². The number of fused-ring (bicyclic) bond motifs is 3. The summed E-state index contributed by atoms with van der Waals surface area (Å²) in [6.45, 7) is 4.11. The maximum absolute atomic E-state index is 12.6. The van der Waals surface area contributed by atoms with Gasteiger partial charge in [0.15, 0.2) is 0 Å². The van der Waals surface area contributed by atoms with Crippen LogP contribution in [0.2, 0.25) is 0 Å². The fraction of sp³-hybridized carbons (Fsp3) is 0.435. The number of amides is 1. The van der Waals surface area contributed by atoms with Crippen molar-refractivity contribution in [2.45, 2.75) is 64.8 Å². The summed E-state index contributed by atoms with van der Waals surface area (Å²) in [4.78, 5) is 34.7. The second-order valence-electron chi connectivity index (χ2n) is 7.79. The molecule has 29 heavy (non-hydrogen) atoms. The lowest BCUT2D eigenvalue weighted by Gasteiger charge is -2.14. The van der Waals surface area contributed by atoms with E-state index in [0.717, 1.165) is 41.5 Å². The summed E-state index contributed by atoms with van der Waals surface area (Å²) >= 11 is 1.64. The van der Waals surface area contributed by atoms with E-state index in [4.69, 9.17) is 0 Å². The van der Waals surface area contributed by atoms with Gasteiger partial charge in [-0.3, -0.25) is 9.59 Å². The van der Waals surface area contributed by atoms with Crippen LogP contribution < -0.4 is 10.9 Å². The molecule has 0 saturated heterocycles. The number of nitrogens with zero attached hydrogens (tertiary/aromatic N) is 1. The average Bonchev–Trinajstić information content (AvgIpc) is 3.11. The Kier molecular flexibility index (Phi) is 5.81. The standard InChI is InChI=1S/C23H27N3O2S/c1-3-15-8-10-16(11-9-15)14(2)24-20(27)13-12-19-25-22(28)21-17-6-4-5-7-18(17)29-23(21)26-19/h8-11,14H,3-7,12-13H2,1-2H3,(H,24,27)(H,25,26,28). The van der Waals surface area contributed by atoms with E-state index in [1.807, 2.05) is 6.92 Å². The molecule has 4 rings (SSSR count). The summed E-state index contributed by atoms with van der Waals surface area (Å²) in [5.74, 6) is 0.557. The van der Waals surface area contributed by atoms with Crippen molar-refractivity contribution in [3.05, 3.63) is 62.0 Å². The van der Waals surface area contributed by atoms with E-state index in [1.165, 1.54) is 22.4 Å². The van der Waals surface area contributed by atoms with Crippen molar-refractivity contribution in [1.82, 2.24) is 15.3 Å². The van der Waals surface area contributed by atoms with E-state index >= 15 is 0 Å². The molecule has 6 heteroatoms. The van der Waals surface area contributed by atoms with Crippen LogP contribution in [0.4, 0.5) is 0 Å². The fourth-order valence-corrected chi connectivity index (χ4v) is 5.28. The molecule has 2 aromatic heterocycles. The molecule has 0 bridgehead atoms. The van der Waals surface area contributed by atoms with Gasteiger partial charge in [0, 0.05) is 17.7 Å². The van der Waals surface area contributed by atoms with Gasteiger partial charge in [0.05, 0.1) is 11.4 Å². The van der Waals surface area contributed by atoms with E-state index in [2.05, 4.69) is 46.5 Å². The first-order valence-electron chi connectivity index (χ1n) is 10.5. The lowest BCUT2D eigenvalue weighted by molar-refractivity contribution is -0.121. The molecule has 2 heterocycles. The zero-order valence-corrected chi connectivity index (χ0v) is 17.8. The van der Waals surface area contributed by atoms with Gasteiger partial charge >= 0.3 is 0 Å². The van der Waals surface area contributed by atoms with Gasteiger partial charge in [0.2, 0.25) is 5.91 Å².